The Kier molecular flexibility index (Phi) is 5.25. The molecule has 6 nitrogen and oxygen atoms in total. The van der Waals surface area contributed by atoms with Crippen LogP contribution < -0.4 is 5.32 Å². The molecule has 74 valence electrons. The van der Waals surface area contributed by atoms with Crippen molar-refractivity contribution < 1.29 is 24.2 Å². The Morgan fingerprint density at radius 2 is 1.92 bits per heavy atom. The van der Waals surface area contributed by atoms with Crippen LogP contribution in [0.25, 0.3) is 0 Å². The molecule has 0 aromatic carbocycles. The van der Waals surface area contributed by atoms with E-state index in [4.69, 9.17) is 5.11 Å². The summed E-state index contributed by atoms with van der Waals surface area (Å²) in [7, 11) is 1.41. The van der Waals surface area contributed by atoms with Gasteiger partial charge in [0.25, 0.3) is 5.91 Å². The van der Waals surface area contributed by atoms with E-state index in [0.29, 0.717) is 0 Å². The van der Waals surface area contributed by atoms with Crippen LogP contribution in [0.2, 0.25) is 0 Å². The maximum atomic E-state index is 10.7. The fourth-order valence-corrected chi connectivity index (χ4v) is 0.499. The highest BCUT2D eigenvalue weighted by molar-refractivity contribution is 5.81. The summed E-state index contributed by atoms with van der Waals surface area (Å²) in [5.74, 6) is -2.19. The summed E-state index contributed by atoms with van der Waals surface area (Å²) in [5.41, 5.74) is 0. The highest BCUT2D eigenvalue weighted by atomic mass is 16.5. The van der Waals surface area contributed by atoms with Gasteiger partial charge in [0.15, 0.2) is 6.61 Å². The molecule has 0 saturated heterocycles. The van der Waals surface area contributed by atoms with E-state index in [1.54, 1.807) is 0 Å². The van der Waals surface area contributed by atoms with Gasteiger partial charge in [-0.15, -0.1) is 0 Å². The molecule has 1 amide bonds. The van der Waals surface area contributed by atoms with Crippen LogP contribution in [0.1, 0.15) is 12.8 Å². The molecule has 0 rings (SSSR count). The number of esters is 1. The van der Waals surface area contributed by atoms with E-state index >= 15 is 0 Å². The van der Waals surface area contributed by atoms with Gasteiger partial charge in [0.2, 0.25) is 0 Å². The number of carboxylic acid groups (broad SMARTS) is 1. The highest BCUT2D eigenvalue weighted by Gasteiger charge is 2.07. The van der Waals surface area contributed by atoms with E-state index in [0.717, 1.165) is 0 Å². The fourth-order valence-electron chi connectivity index (χ4n) is 0.499. The average molecular weight is 189 g/mol. The lowest BCUT2D eigenvalue weighted by Gasteiger charge is -2.01. The summed E-state index contributed by atoms with van der Waals surface area (Å²) in [5, 5.41) is 10.5. The first-order valence-electron chi connectivity index (χ1n) is 3.64. The second-order valence-corrected chi connectivity index (χ2v) is 2.23. The summed E-state index contributed by atoms with van der Waals surface area (Å²) >= 11 is 0. The standard InChI is InChI=1S/C7H11NO5/c1-8-5(9)4-13-7(12)3-2-6(10)11/h2-4H2,1H3,(H,8,9)(H,10,11). The molecule has 0 aromatic rings. The average Bonchev–Trinajstić information content (AvgIpc) is 2.10. The number of amides is 1. The SMILES string of the molecule is CNC(=O)COC(=O)CCC(=O)O. The number of carbonyl (C=O) groups excluding carboxylic acids is 2. The van der Waals surface area contributed by atoms with Gasteiger partial charge in [-0.25, -0.2) is 0 Å². The summed E-state index contributed by atoms with van der Waals surface area (Å²) in [4.78, 5) is 31.3. The quantitative estimate of drug-likeness (QED) is 0.549. The van der Waals surface area contributed by atoms with Crippen LogP contribution in [0, 0.1) is 0 Å². The molecule has 6 heteroatoms. The van der Waals surface area contributed by atoms with Crippen molar-refractivity contribution in [3.8, 4) is 0 Å². The minimum absolute atomic E-state index is 0.216. The minimum atomic E-state index is -1.07. The molecular weight excluding hydrogens is 178 g/mol. The normalized spacial score (nSPS) is 9.00. The fraction of sp³-hybridized carbons (Fsp3) is 0.571. The topological polar surface area (TPSA) is 92.7 Å². The Morgan fingerprint density at radius 3 is 2.38 bits per heavy atom. The number of ether oxygens (including phenoxy) is 1. The first kappa shape index (κ1) is 11.4. The largest absolute Gasteiger partial charge is 0.481 e. The molecule has 2 N–H and O–H groups in total. The number of hydrogen-bond donors (Lipinski definition) is 2. The van der Waals surface area contributed by atoms with E-state index < -0.39 is 17.8 Å². The van der Waals surface area contributed by atoms with E-state index in [1.165, 1.54) is 7.05 Å². The van der Waals surface area contributed by atoms with Gasteiger partial charge in [0, 0.05) is 7.05 Å². The summed E-state index contributed by atoms with van der Waals surface area (Å²) in [6, 6.07) is 0. The van der Waals surface area contributed by atoms with Crippen LogP contribution in [0.4, 0.5) is 0 Å². The van der Waals surface area contributed by atoms with Crippen molar-refractivity contribution in [1.82, 2.24) is 5.32 Å². The summed E-state index contributed by atoms with van der Waals surface area (Å²) < 4.78 is 4.43. The molecule has 13 heavy (non-hydrogen) atoms. The predicted octanol–water partition coefficient (Wildman–Crippen LogP) is -0.860. The van der Waals surface area contributed by atoms with Crippen LogP contribution in [-0.4, -0.2) is 36.6 Å². The molecule has 0 bridgehead atoms. The predicted molar refractivity (Wildman–Crippen MR) is 41.9 cm³/mol. The lowest BCUT2D eigenvalue weighted by Crippen LogP contribution is -2.25. The van der Waals surface area contributed by atoms with Crippen LogP contribution in [0.3, 0.4) is 0 Å². The molecule has 0 unspecified atom stereocenters. The maximum absolute atomic E-state index is 10.7. The molecule has 0 fully saturated rings. The molecule has 0 saturated carbocycles. The van der Waals surface area contributed by atoms with Gasteiger partial charge in [-0.1, -0.05) is 0 Å². The number of hydrogen-bond acceptors (Lipinski definition) is 4. The molecule has 0 aliphatic rings. The van der Waals surface area contributed by atoms with E-state index in [-0.39, 0.29) is 19.4 Å². The Bertz CT molecular complexity index is 213. The van der Waals surface area contributed by atoms with Crippen LogP contribution in [0.5, 0.6) is 0 Å². The van der Waals surface area contributed by atoms with Crippen LogP contribution in [-0.2, 0) is 19.1 Å². The van der Waals surface area contributed by atoms with Crippen molar-refractivity contribution in [2.75, 3.05) is 13.7 Å². The Morgan fingerprint density at radius 1 is 1.31 bits per heavy atom. The number of aliphatic carboxylic acids is 1. The molecular formula is C7H11NO5. The number of rotatable bonds is 5. The number of carboxylic acids is 1. The highest BCUT2D eigenvalue weighted by Crippen LogP contribution is 1.92. The van der Waals surface area contributed by atoms with Gasteiger partial charge in [-0.3, -0.25) is 14.4 Å². The van der Waals surface area contributed by atoms with Gasteiger partial charge in [0.05, 0.1) is 12.8 Å². The molecule has 0 radical (unpaired) electrons. The second-order valence-electron chi connectivity index (χ2n) is 2.23. The number of carbonyl (C=O) groups is 3. The van der Waals surface area contributed by atoms with Crippen molar-refractivity contribution in [3.05, 3.63) is 0 Å². The lowest BCUT2D eigenvalue weighted by atomic mass is 10.3. The molecule has 0 aliphatic carbocycles. The van der Waals surface area contributed by atoms with Crippen molar-refractivity contribution in [2.45, 2.75) is 12.8 Å². The van der Waals surface area contributed by atoms with Gasteiger partial charge in [0.1, 0.15) is 0 Å². The second kappa shape index (κ2) is 5.99. The Balaban J connectivity index is 3.52. The van der Waals surface area contributed by atoms with Crippen LogP contribution in [0.15, 0.2) is 0 Å². The van der Waals surface area contributed by atoms with Crippen molar-refractivity contribution >= 4 is 17.8 Å². The Labute approximate surface area is 74.9 Å². The molecule has 0 aromatic heterocycles. The molecule has 0 heterocycles. The first-order chi connectivity index (χ1) is 6.06. The maximum Gasteiger partial charge on any atom is 0.306 e. The lowest BCUT2D eigenvalue weighted by molar-refractivity contribution is -0.150. The third kappa shape index (κ3) is 6.79. The summed E-state index contributed by atoms with van der Waals surface area (Å²) in [6.07, 6.45) is -0.501. The van der Waals surface area contributed by atoms with Gasteiger partial charge in [-0.05, 0) is 0 Å². The monoisotopic (exact) mass is 189 g/mol. The van der Waals surface area contributed by atoms with Gasteiger partial charge >= 0.3 is 11.9 Å². The van der Waals surface area contributed by atoms with Gasteiger partial charge < -0.3 is 15.2 Å². The van der Waals surface area contributed by atoms with E-state index in [9.17, 15) is 14.4 Å². The smallest absolute Gasteiger partial charge is 0.306 e. The molecule has 0 aliphatic heterocycles. The minimum Gasteiger partial charge on any atom is -0.481 e. The van der Waals surface area contributed by atoms with E-state index in [1.807, 2.05) is 0 Å². The van der Waals surface area contributed by atoms with Crippen molar-refractivity contribution in [1.29, 1.82) is 0 Å². The van der Waals surface area contributed by atoms with Crippen molar-refractivity contribution in [3.63, 3.8) is 0 Å². The molecule has 0 atom stereocenters. The zero-order valence-electron chi connectivity index (χ0n) is 7.20. The number of likely N-dealkylation sites (N-methyl/N-ethyl adjacent to an activating group) is 1. The first-order valence-corrected chi connectivity index (χ1v) is 3.64. The number of nitrogens with one attached hydrogen (secondary N) is 1. The van der Waals surface area contributed by atoms with E-state index in [2.05, 4.69) is 10.1 Å². The third-order valence-corrected chi connectivity index (χ3v) is 1.19. The van der Waals surface area contributed by atoms with Crippen molar-refractivity contribution in [2.24, 2.45) is 0 Å². The van der Waals surface area contributed by atoms with Gasteiger partial charge in [-0.2, -0.15) is 0 Å². The Hall–Kier alpha value is -1.59. The summed E-state index contributed by atoms with van der Waals surface area (Å²) in [6.45, 7) is -0.366. The zero-order valence-corrected chi connectivity index (χ0v) is 7.20. The van der Waals surface area contributed by atoms with Crippen LogP contribution >= 0.6 is 0 Å². The zero-order chi connectivity index (χ0) is 10.3. The third-order valence-electron chi connectivity index (χ3n) is 1.19. The molecule has 0 spiro atoms.